The third kappa shape index (κ3) is 3.35. The van der Waals surface area contributed by atoms with Crippen molar-refractivity contribution in [3.63, 3.8) is 0 Å². The minimum Gasteiger partial charge on any atom is -0.321 e. The van der Waals surface area contributed by atoms with E-state index in [-0.39, 0.29) is 5.54 Å². The van der Waals surface area contributed by atoms with Gasteiger partial charge in [-0.25, -0.2) is 0 Å². The van der Waals surface area contributed by atoms with Crippen molar-refractivity contribution >= 4 is 0 Å². The summed E-state index contributed by atoms with van der Waals surface area (Å²) < 4.78 is 0. The molecule has 1 nitrogen and oxygen atoms in total. The summed E-state index contributed by atoms with van der Waals surface area (Å²) in [5.41, 5.74) is 7.93. The molecule has 1 aliphatic carbocycles. The van der Waals surface area contributed by atoms with Crippen LogP contribution in [0.4, 0.5) is 0 Å². The van der Waals surface area contributed by atoms with Gasteiger partial charge in [0, 0.05) is 5.54 Å². The number of hydrogen-bond acceptors (Lipinski definition) is 1. The molecule has 0 bridgehead atoms. The van der Waals surface area contributed by atoms with Crippen LogP contribution in [0.25, 0.3) is 0 Å². The van der Waals surface area contributed by atoms with Crippen molar-refractivity contribution in [2.45, 2.75) is 63.8 Å². The number of rotatable bonds is 6. The van der Waals surface area contributed by atoms with Gasteiger partial charge in [0.15, 0.2) is 0 Å². The molecule has 1 unspecified atom stereocenters. The van der Waals surface area contributed by atoms with Crippen LogP contribution in [0.1, 0.15) is 63.9 Å². The van der Waals surface area contributed by atoms with Crippen molar-refractivity contribution in [3.05, 3.63) is 35.9 Å². The Labute approximate surface area is 112 Å². The monoisotopic (exact) mass is 245 g/mol. The van der Waals surface area contributed by atoms with Crippen LogP contribution in [-0.4, -0.2) is 0 Å². The lowest BCUT2D eigenvalue weighted by Gasteiger charge is -2.31. The predicted molar refractivity (Wildman–Crippen MR) is 78.4 cm³/mol. The highest BCUT2D eigenvalue weighted by molar-refractivity contribution is 5.23. The molecule has 18 heavy (non-hydrogen) atoms. The van der Waals surface area contributed by atoms with Gasteiger partial charge >= 0.3 is 0 Å². The van der Waals surface area contributed by atoms with Gasteiger partial charge in [-0.2, -0.15) is 0 Å². The summed E-state index contributed by atoms with van der Waals surface area (Å²) in [5, 5.41) is 0. The van der Waals surface area contributed by atoms with Gasteiger partial charge in [-0.1, -0.05) is 69.4 Å². The van der Waals surface area contributed by atoms with Gasteiger partial charge in [-0.3, -0.25) is 0 Å². The molecule has 1 aromatic rings. The second-order valence-electron chi connectivity index (χ2n) is 5.96. The Kier molecular flexibility index (Phi) is 4.82. The second-order valence-corrected chi connectivity index (χ2v) is 5.96. The average molecular weight is 245 g/mol. The maximum Gasteiger partial charge on any atom is 0.0409 e. The molecule has 1 aliphatic rings. The first-order valence-electron chi connectivity index (χ1n) is 7.59. The highest BCUT2D eigenvalue weighted by atomic mass is 14.7. The van der Waals surface area contributed by atoms with Crippen LogP contribution in [0, 0.1) is 5.92 Å². The summed E-state index contributed by atoms with van der Waals surface area (Å²) >= 11 is 0. The van der Waals surface area contributed by atoms with Crippen LogP contribution < -0.4 is 5.73 Å². The highest BCUT2D eigenvalue weighted by Crippen LogP contribution is 2.35. The van der Waals surface area contributed by atoms with Crippen molar-refractivity contribution in [3.8, 4) is 0 Å². The first-order valence-corrected chi connectivity index (χ1v) is 7.59. The van der Waals surface area contributed by atoms with E-state index in [0.29, 0.717) is 0 Å². The van der Waals surface area contributed by atoms with Crippen molar-refractivity contribution < 1.29 is 0 Å². The van der Waals surface area contributed by atoms with Crippen molar-refractivity contribution in [2.24, 2.45) is 11.7 Å². The summed E-state index contributed by atoms with van der Waals surface area (Å²) in [6.45, 7) is 2.24. The van der Waals surface area contributed by atoms with Crippen LogP contribution in [0.15, 0.2) is 30.3 Å². The fourth-order valence-corrected chi connectivity index (χ4v) is 3.39. The molecule has 1 saturated carbocycles. The minimum atomic E-state index is -0.0986. The van der Waals surface area contributed by atoms with E-state index < -0.39 is 0 Å². The SMILES string of the molecule is CCCC(N)(CCC1CCCC1)c1ccccc1. The molecule has 2 N–H and O–H groups in total. The highest BCUT2D eigenvalue weighted by Gasteiger charge is 2.27. The molecule has 0 radical (unpaired) electrons. The molecule has 2 rings (SSSR count). The summed E-state index contributed by atoms with van der Waals surface area (Å²) in [6.07, 6.45) is 10.4. The van der Waals surface area contributed by atoms with E-state index in [1.807, 2.05) is 0 Å². The molecule has 0 heterocycles. The molecular weight excluding hydrogens is 218 g/mol. The van der Waals surface area contributed by atoms with E-state index in [4.69, 9.17) is 5.73 Å². The normalized spacial score (nSPS) is 19.9. The molecule has 0 spiro atoms. The zero-order valence-corrected chi connectivity index (χ0v) is 11.7. The van der Waals surface area contributed by atoms with Gasteiger partial charge in [-0.05, 0) is 30.7 Å². The van der Waals surface area contributed by atoms with Crippen molar-refractivity contribution in [2.75, 3.05) is 0 Å². The predicted octanol–water partition coefficient (Wildman–Crippen LogP) is 4.61. The minimum absolute atomic E-state index is 0.0986. The summed E-state index contributed by atoms with van der Waals surface area (Å²) in [4.78, 5) is 0. The largest absolute Gasteiger partial charge is 0.321 e. The molecule has 0 amide bonds. The number of hydrogen-bond donors (Lipinski definition) is 1. The average Bonchev–Trinajstić information content (AvgIpc) is 2.91. The molecule has 1 atom stereocenters. The van der Waals surface area contributed by atoms with E-state index in [2.05, 4.69) is 37.3 Å². The van der Waals surface area contributed by atoms with E-state index in [1.165, 1.54) is 37.7 Å². The molecule has 1 fully saturated rings. The second kappa shape index (κ2) is 6.38. The lowest BCUT2D eigenvalue weighted by molar-refractivity contribution is 0.326. The van der Waals surface area contributed by atoms with E-state index >= 15 is 0 Å². The van der Waals surface area contributed by atoms with Crippen LogP contribution in [0.2, 0.25) is 0 Å². The first kappa shape index (κ1) is 13.6. The topological polar surface area (TPSA) is 26.0 Å². The Balaban J connectivity index is 2.01. The quantitative estimate of drug-likeness (QED) is 0.778. The Morgan fingerprint density at radius 2 is 1.78 bits per heavy atom. The summed E-state index contributed by atoms with van der Waals surface area (Å²) in [5.74, 6) is 0.938. The Bertz CT molecular complexity index is 340. The van der Waals surface area contributed by atoms with Gasteiger partial charge in [-0.15, -0.1) is 0 Å². The molecular formula is C17H27N. The van der Waals surface area contributed by atoms with E-state index in [9.17, 15) is 0 Å². The zero-order valence-electron chi connectivity index (χ0n) is 11.7. The molecule has 0 aromatic heterocycles. The lowest BCUT2D eigenvalue weighted by Crippen LogP contribution is -2.37. The van der Waals surface area contributed by atoms with Gasteiger partial charge in [0.1, 0.15) is 0 Å². The standard InChI is InChI=1S/C17H27N/c1-2-13-17(18,16-10-4-3-5-11-16)14-12-15-8-6-7-9-15/h3-5,10-11,15H,2,6-9,12-14,18H2,1H3. The number of nitrogens with two attached hydrogens (primary N) is 1. The Morgan fingerprint density at radius 3 is 2.39 bits per heavy atom. The van der Waals surface area contributed by atoms with Gasteiger partial charge < -0.3 is 5.73 Å². The van der Waals surface area contributed by atoms with Crippen LogP contribution in [0.5, 0.6) is 0 Å². The van der Waals surface area contributed by atoms with Crippen LogP contribution in [0.3, 0.4) is 0 Å². The van der Waals surface area contributed by atoms with Gasteiger partial charge in [0.25, 0.3) is 0 Å². The maximum atomic E-state index is 6.71. The number of benzene rings is 1. The van der Waals surface area contributed by atoms with E-state index in [1.54, 1.807) is 0 Å². The van der Waals surface area contributed by atoms with E-state index in [0.717, 1.165) is 25.2 Å². The Hall–Kier alpha value is -0.820. The maximum absolute atomic E-state index is 6.71. The Morgan fingerprint density at radius 1 is 1.11 bits per heavy atom. The van der Waals surface area contributed by atoms with Gasteiger partial charge in [0.2, 0.25) is 0 Å². The van der Waals surface area contributed by atoms with Crippen molar-refractivity contribution in [1.29, 1.82) is 0 Å². The molecule has 1 heteroatoms. The first-order chi connectivity index (χ1) is 8.74. The molecule has 0 saturated heterocycles. The molecule has 0 aliphatic heterocycles. The third-order valence-electron chi connectivity index (χ3n) is 4.52. The molecule has 1 aromatic carbocycles. The summed E-state index contributed by atoms with van der Waals surface area (Å²) in [7, 11) is 0. The zero-order chi connectivity index (χ0) is 12.8. The fraction of sp³-hybridized carbons (Fsp3) is 0.647. The fourth-order valence-electron chi connectivity index (χ4n) is 3.39. The smallest absolute Gasteiger partial charge is 0.0409 e. The summed E-state index contributed by atoms with van der Waals surface area (Å²) in [6, 6.07) is 10.7. The van der Waals surface area contributed by atoms with Gasteiger partial charge in [0.05, 0.1) is 0 Å². The van der Waals surface area contributed by atoms with Crippen LogP contribution in [-0.2, 0) is 5.54 Å². The molecule has 100 valence electrons. The van der Waals surface area contributed by atoms with Crippen molar-refractivity contribution in [1.82, 2.24) is 0 Å². The lowest BCUT2D eigenvalue weighted by atomic mass is 9.80. The third-order valence-corrected chi connectivity index (χ3v) is 4.52. The van der Waals surface area contributed by atoms with Crippen LogP contribution >= 0.6 is 0 Å².